The van der Waals surface area contributed by atoms with Crippen molar-refractivity contribution in [1.82, 2.24) is 5.32 Å². The highest BCUT2D eigenvalue weighted by atomic mass is 16.4. The summed E-state index contributed by atoms with van der Waals surface area (Å²) in [4.78, 5) is 11.8. The van der Waals surface area contributed by atoms with Crippen LogP contribution in [0.5, 0.6) is 0 Å². The summed E-state index contributed by atoms with van der Waals surface area (Å²) in [6.45, 7) is 1.23. The molecule has 0 saturated carbocycles. The summed E-state index contributed by atoms with van der Waals surface area (Å²) in [5, 5.41) is 14.7. The average Bonchev–Trinajstić information content (AvgIpc) is 2.40. The van der Waals surface area contributed by atoms with Gasteiger partial charge in [0.15, 0.2) is 5.71 Å². The molecule has 4 N–H and O–H groups in total. The molecule has 1 rings (SSSR count). The van der Waals surface area contributed by atoms with Crippen LogP contribution in [0.3, 0.4) is 0 Å². The summed E-state index contributed by atoms with van der Waals surface area (Å²) >= 11 is 0. The molecule has 1 aromatic rings. The van der Waals surface area contributed by atoms with Gasteiger partial charge in [0.25, 0.3) is 5.91 Å². The van der Waals surface area contributed by atoms with E-state index < -0.39 is 0 Å². The quantitative estimate of drug-likeness (QED) is 0.293. The maximum Gasteiger partial charge on any atom is 0.273 e. The number of hydrogen-bond donors (Lipinski definition) is 3. The van der Waals surface area contributed by atoms with Crippen LogP contribution in [0, 0.1) is 0 Å². The first-order chi connectivity index (χ1) is 8.79. The molecule has 1 aromatic carbocycles. The third-order valence-corrected chi connectivity index (χ3v) is 2.53. The molecule has 18 heavy (non-hydrogen) atoms. The van der Waals surface area contributed by atoms with Crippen LogP contribution in [0.1, 0.15) is 24.8 Å². The van der Waals surface area contributed by atoms with Crippen LogP contribution >= 0.6 is 0 Å². The monoisotopic (exact) mass is 249 g/mol. The number of nitrogens with one attached hydrogen (secondary N) is 1. The molecule has 0 spiro atoms. The minimum atomic E-state index is -0.364. The molecule has 0 atom stereocenters. The van der Waals surface area contributed by atoms with Gasteiger partial charge in [-0.3, -0.25) is 4.79 Å². The number of nitrogens with two attached hydrogens (primary N) is 1. The van der Waals surface area contributed by atoms with Gasteiger partial charge in [0.1, 0.15) is 0 Å². The Kier molecular flexibility index (Phi) is 6.50. The molecule has 0 aliphatic rings. The van der Waals surface area contributed by atoms with Crippen molar-refractivity contribution in [2.24, 2.45) is 10.9 Å². The minimum absolute atomic E-state index is 0.0365. The van der Waals surface area contributed by atoms with Crippen molar-refractivity contribution in [3.63, 3.8) is 0 Å². The second-order valence-electron chi connectivity index (χ2n) is 3.92. The number of carbonyl (C=O) groups is 1. The average molecular weight is 249 g/mol. The number of rotatable bonds is 7. The molecule has 0 heterocycles. The number of hydrogen-bond acceptors (Lipinski definition) is 4. The topological polar surface area (TPSA) is 87.7 Å². The molecule has 5 heteroatoms. The van der Waals surface area contributed by atoms with Crippen LogP contribution in [0.4, 0.5) is 0 Å². The standard InChI is InChI=1S/C13H19N3O2/c14-9-5-2-6-10-15-13(17)12(16-18)11-7-3-1-4-8-11/h1,3-4,7-8,18H,2,5-6,9-10,14H2,(H,15,17). The van der Waals surface area contributed by atoms with Crippen LogP contribution < -0.4 is 11.1 Å². The van der Waals surface area contributed by atoms with Gasteiger partial charge in [-0.25, -0.2) is 0 Å². The number of benzene rings is 1. The summed E-state index contributed by atoms with van der Waals surface area (Å²) in [7, 11) is 0. The van der Waals surface area contributed by atoms with Crippen molar-refractivity contribution in [2.45, 2.75) is 19.3 Å². The minimum Gasteiger partial charge on any atom is -0.410 e. The number of nitrogens with zero attached hydrogens (tertiary/aromatic N) is 1. The summed E-state index contributed by atoms with van der Waals surface area (Å²) < 4.78 is 0. The number of amides is 1. The van der Waals surface area contributed by atoms with Crippen LogP contribution in [0.25, 0.3) is 0 Å². The Hall–Kier alpha value is -1.88. The Labute approximate surface area is 107 Å². The van der Waals surface area contributed by atoms with E-state index in [0.29, 0.717) is 18.7 Å². The van der Waals surface area contributed by atoms with Gasteiger partial charge in [-0.05, 0) is 19.4 Å². The third-order valence-electron chi connectivity index (χ3n) is 2.53. The Bertz CT molecular complexity index is 390. The largest absolute Gasteiger partial charge is 0.410 e. The van der Waals surface area contributed by atoms with Crippen molar-refractivity contribution in [3.05, 3.63) is 35.9 Å². The highest BCUT2D eigenvalue weighted by Crippen LogP contribution is 2.01. The SMILES string of the molecule is NCCCCCNC(=O)C(=NO)c1ccccc1. The van der Waals surface area contributed by atoms with Gasteiger partial charge < -0.3 is 16.3 Å². The fraction of sp³-hybridized carbons (Fsp3) is 0.385. The Morgan fingerprint density at radius 3 is 2.56 bits per heavy atom. The van der Waals surface area contributed by atoms with Crippen molar-refractivity contribution < 1.29 is 10.0 Å². The fourth-order valence-electron chi connectivity index (χ4n) is 1.56. The van der Waals surface area contributed by atoms with Crippen molar-refractivity contribution in [3.8, 4) is 0 Å². The van der Waals surface area contributed by atoms with Crippen LogP contribution in [-0.4, -0.2) is 29.9 Å². The zero-order valence-electron chi connectivity index (χ0n) is 10.3. The van der Waals surface area contributed by atoms with Crippen molar-refractivity contribution >= 4 is 11.6 Å². The molecular weight excluding hydrogens is 230 g/mol. The van der Waals surface area contributed by atoms with Crippen molar-refractivity contribution in [2.75, 3.05) is 13.1 Å². The highest BCUT2D eigenvalue weighted by molar-refractivity contribution is 6.45. The van der Waals surface area contributed by atoms with E-state index in [4.69, 9.17) is 10.9 Å². The van der Waals surface area contributed by atoms with Crippen LogP contribution in [0.2, 0.25) is 0 Å². The van der Waals surface area contributed by atoms with E-state index in [9.17, 15) is 4.79 Å². The molecule has 1 amide bonds. The smallest absolute Gasteiger partial charge is 0.273 e. The molecule has 0 radical (unpaired) electrons. The summed E-state index contributed by atoms with van der Waals surface area (Å²) in [5.41, 5.74) is 6.01. The molecule has 0 saturated heterocycles. The highest BCUT2D eigenvalue weighted by Gasteiger charge is 2.13. The molecule has 0 aliphatic heterocycles. The number of carbonyl (C=O) groups excluding carboxylic acids is 1. The molecule has 0 unspecified atom stereocenters. The van der Waals surface area contributed by atoms with E-state index in [1.54, 1.807) is 24.3 Å². The number of unbranched alkanes of at least 4 members (excludes halogenated alkanes) is 2. The van der Waals surface area contributed by atoms with Gasteiger partial charge in [0.05, 0.1) is 0 Å². The van der Waals surface area contributed by atoms with Crippen LogP contribution in [0.15, 0.2) is 35.5 Å². The second-order valence-corrected chi connectivity index (χ2v) is 3.92. The molecule has 0 aromatic heterocycles. The maximum absolute atomic E-state index is 11.8. The lowest BCUT2D eigenvalue weighted by Crippen LogP contribution is -2.32. The third kappa shape index (κ3) is 4.55. The van der Waals surface area contributed by atoms with E-state index in [-0.39, 0.29) is 11.6 Å². The van der Waals surface area contributed by atoms with Gasteiger partial charge in [0.2, 0.25) is 0 Å². The second kappa shape index (κ2) is 8.25. The summed E-state index contributed by atoms with van der Waals surface area (Å²) in [6, 6.07) is 8.86. The lowest BCUT2D eigenvalue weighted by atomic mass is 10.1. The normalized spacial score (nSPS) is 11.3. The molecule has 0 bridgehead atoms. The predicted molar refractivity (Wildman–Crippen MR) is 70.7 cm³/mol. The van der Waals surface area contributed by atoms with E-state index in [1.807, 2.05) is 6.07 Å². The zero-order valence-corrected chi connectivity index (χ0v) is 10.3. The molecule has 5 nitrogen and oxygen atoms in total. The summed E-state index contributed by atoms with van der Waals surface area (Å²) in [6.07, 6.45) is 2.81. The van der Waals surface area contributed by atoms with Gasteiger partial charge >= 0.3 is 0 Å². The lowest BCUT2D eigenvalue weighted by Gasteiger charge is -2.06. The van der Waals surface area contributed by atoms with E-state index in [1.165, 1.54) is 0 Å². The molecular formula is C13H19N3O2. The first-order valence-corrected chi connectivity index (χ1v) is 6.05. The number of oxime groups is 1. The summed E-state index contributed by atoms with van der Waals surface area (Å²) in [5.74, 6) is -0.364. The van der Waals surface area contributed by atoms with E-state index >= 15 is 0 Å². The lowest BCUT2D eigenvalue weighted by molar-refractivity contribution is -0.114. The Morgan fingerprint density at radius 1 is 1.22 bits per heavy atom. The van der Waals surface area contributed by atoms with E-state index in [2.05, 4.69) is 10.5 Å². The first-order valence-electron chi connectivity index (χ1n) is 6.05. The van der Waals surface area contributed by atoms with Gasteiger partial charge in [-0.2, -0.15) is 0 Å². The van der Waals surface area contributed by atoms with E-state index in [0.717, 1.165) is 19.3 Å². The van der Waals surface area contributed by atoms with Gasteiger partial charge in [-0.15, -0.1) is 0 Å². The Morgan fingerprint density at radius 2 is 1.94 bits per heavy atom. The molecule has 98 valence electrons. The molecule has 0 aliphatic carbocycles. The van der Waals surface area contributed by atoms with Crippen LogP contribution in [-0.2, 0) is 4.79 Å². The van der Waals surface area contributed by atoms with Gasteiger partial charge in [-0.1, -0.05) is 41.9 Å². The first kappa shape index (κ1) is 14.2. The fourth-order valence-corrected chi connectivity index (χ4v) is 1.56. The predicted octanol–water partition coefficient (Wildman–Crippen LogP) is 1.11. The molecule has 0 fully saturated rings. The van der Waals surface area contributed by atoms with Gasteiger partial charge in [0, 0.05) is 12.1 Å². The Balaban J connectivity index is 2.45. The zero-order chi connectivity index (χ0) is 13.2. The van der Waals surface area contributed by atoms with Crippen molar-refractivity contribution in [1.29, 1.82) is 0 Å². The maximum atomic E-state index is 11.8.